The summed E-state index contributed by atoms with van der Waals surface area (Å²) in [6.45, 7) is 0. The van der Waals surface area contributed by atoms with E-state index in [4.69, 9.17) is 27.5 Å². The predicted molar refractivity (Wildman–Crippen MR) is 71.2 cm³/mol. The minimum atomic E-state index is -1.49. The van der Waals surface area contributed by atoms with E-state index in [0.29, 0.717) is 0 Å². The zero-order chi connectivity index (χ0) is 11.9. The van der Waals surface area contributed by atoms with Crippen LogP contribution in [0.5, 0.6) is 0 Å². The zero-order valence-corrected chi connectivity index (χ0v) is 11.0. The third kappa shape index (κ3) is 2.05. The predicted octanol–water partition coefficient (Wildman–Crippen LogP) is 4.58. The molecule has 2 aromatic rings. The molecule has 0 radical (unpaired) electrons. The van der Waals surface area contributed by atoms with E-state index in [0.717, 1.165) is 19.8 Å². The summed E-state index contributed by atoms with van der Waals surface area (Å²) in [7, 11) is -1.49. The summed E-state index contributed by atoms with van der Waals surface area (Å²) >= 11 is 11.8. The number of nitrogens with one attached hydrogen (secondary N) is 1. The molecule has 0 aromatic heterocycles. The van der Waals surface area contributed by atoms with Gasteiger partial charge in [-0.3, -0.25) is 0 Å². The fourth-order valence-electron chi connectivity index (χ4n) is 1.62. The average molecular weight is 286 g/mol. The summed E-state index contributed by atoms with van der Waals surface area (Å²) in [5.41, 5.74) is 0. The van der Waals surface area contributed by atoms with Gasteiger partial charge in [-0.1, -0.05) is 23.2 Å². The van der Waals surface area contributed by atoms with E-state index in [1.807, 2.05) is 48.5 Å². The molecule has 1 aliphatic heterocycles. The second kappa shape index (κ2) is 4.19. The Morgan fingerprint density at radius 2 is 1.12 bits per heavy atom. The lowest BCUT2D eigenvalue weighted by Crippen LogP contribution is -1.89. The first-order chi connectivity index (χ1) is 8.21. The average Bonchev–Trinajstić information content (AvgIpc) is 3.12. The molecule has 1 heterocycles. The van der Waals surface area contributed by atoms with Gasteiger partial charge in [0.25, 0.3) is 0 Å². The lowest BCUT2D eigenvalue weighted by atomic mass is 10.4. The van der Waals surface area contributed by atoms with E-state index in [2.05, 4.69) is 4.89 Å². The van der Waals surface area contributed by atoms with Crippen molar-refractivity contribution in [3.05, 3.63) is 58.6 Å². The van der Waals surface area contributed by atoms with Gasteiger partial charge < -0.3 is 0 Å². The van der Waals surface area contributed by atoms with Gasteiger partial charge in [0, 0.05) is 30.3 Å². The summed E-state index contributed by atoms with van der Waals surface area (Å²) in [4.78, 5) is 5.22. The van der Waals surface area contributed by atoms with Crippen molar-refractivity contribution in [2.24, 2.45) is 0 Å². The fourth-order valence-corrected chi connectivity index (χ4v) is 3.83. The van der Waals surface area contributed by atoms with Gasteiger partial charge in [-0.25, -0.2) is 4.28 Å². The first-order valence-corrected chi connectivity index (χ1v) is 7.32. The van der Waals surface area contributed by atoms with Crippen LogP contribution in [-0.2, 0) is 4.28 Å². The van der Waals surface area contributed by atoms with Gasteiger partial charge in [0.05, 0.1) is 0 Å². The molecule has 0 saturated carbocycles. The molecule has 0 aliphatic carbocycles. The Morgan fingerprint density at radius 1 is 0.765 bits per heavy atom. The molecule has 5 heteroatoms. The quantitative estimate of drug-likeness (QED) is 0.820. The van der Waals surface area contributed by atoms with E-state index >= 15 is 0 Å². The van der Waals surface area contributed by atoms with Crippen molar-refractivity contribution in [2.75, 3.05) is 0 Å². The zero-order valence-electron chi connectivity index (χ0n) is 8.69. The molecule has 17 heavy (non-hydrogen) atoms. The number of rotatable bonds is 2. The van der Waals surface area contributed by atoms with Crippen LogP contribution in [0.2, 0.25) is 10.0 Å². The minimum Gasteiger partial charge on any atom is -0.217 e. The highest BCUT2D eigenvalue weighted by molar-refractivity contribution is 8.32. The monoisotopic (exact) mass is 285 g/mol. The van der Waals surface area contributed by atoms with Crippen LogP contribution in [0.3, 0.4) is 0 Å². The second-order valence-electron chi connectivity index (χ2n) is 3.63. The van der Waals surface area contributed by atoms with Crippen LogP contribution >= 0.6 is 33.7 Å². The van der Waals surface area contributed by atoms with Crippen LogP contribution in [-0.4, -0.2) is 0 Å². The summed E-state index contributed by atoms with van der Waals surface area (Å²) in [6, 6.07) is 15.4. The van der Waals surface area contributed by atoms with Crippen molar-refractivity contribution >= 4 is 33.7 Å². The highest BCUT2D eigenvalue weighted by atomic mass is 35.5. The molecule has 2 aromatic carbocycles. The Hall–Kier alpha value is -0.710. The van der Waals surface area contributed by atoms with Gasteiger partial charge in [0.15, 0.2) is 0 Å². The molecule has 88 valence electrons. The Balaban J connectivity index is 2.01. The molecule has 0 amide bonds. The van der Waals surface area contributed by atoms with Crippen LogP contribution in [0.25, 0.3) is 0 Å². The molecule has 1 aliphatic rings. The van der Waals surface area contributed by atoms with Crippen LogP contribution in [0.1, 0.15) is 0 Å². The highest BCUT2D eigenvalue weighted by Gasteiger charge is 2.43. The lowest BCUT2D eigenvalue weighted by molar-refractivity contribution is 0.467. The molecule has 0 bridgehead atoms. The smallest absolute Gasteiger partial charge is 0.0406 e. The number of hydrogen-bond acceptors (Lipinski definition) is 2. The summed E-state index contributed by atoms with van der Waals surface area (Å²) < 4.78 is 5.50. The van der Waals surface area contributed by atoms with E-state index < -0.39 is 10.5 Å². The molecule has 0 atom stereocenters. The SMILES string of the molecule is Clc1ccc(S2(c3ccc(Cl)cc3)NO2)cc1. The fraction of sp³-hybridized carbons (Fsp3) is 0. The van der Waals surface area contributed by atoms with Crippen molar-refractivity contribution in [1.29, 1.82) is 0 Å². The van der Waals surface area contributed by atoms with Crippen LogP contribution in [0, 0.1) is 0 Å². The van der Waals surface area contributed by atoms with Gasteiger partial charge in [0.2, 0.25) is 0 Å². The second-order valence-corrected chi connectivity index (χ2v) is 6.89. The third-order valence-corrected chi connectivity index (χ3v) is 5.42. The maximum atomic E-state index is 5.88. The third-order valence-electron chi connectivity index (χ3n) is 2.54. The molecular formula is C12H9Cl2NOS. The van der Waals surface area contributed by atoms with Crippen molar-refractivity contribution in [2.45, 2.75) is 9.79 Å². The molecule has 0 spiro atoms. The van der Waals surface area contributed by atoms with E-state index in [9.17, 15) is 0 Å². The van der Waals surface area contributed by atoms with Crippen LogP contribution in [0.4, 0.5) is 0 Å². The van der Waals surface area contributed by atoms with E-state index in [1.165, 1.54) is 0 Å². The van der Waals surface area contributed by atoms with Gasteiger partial charge >= 0.3 is 0 Å². The summed E-state index contributed by atoms with van der Waals surface area (Å²) in [5, 5.41) is 1.44. The minimum absolute atomic E-state index is 0.722. The summed E-state index contributed by atoms with van der Waals surface area (Å²) in [6.07, 6.45) is 0. The normalized spacial score (nSPS) is 18.7. The maximum absolute atomic E-state index is 5.88. The maximum Gasteiger partial charge on any atom is 0.0406 e. The molecule has 1 saturated heterocycles. The molecule has 1 N–H and O–H groups in total. The van der Waals surface area contributed by atoms with Crippen molar-refractivity contribution < 1.29 is 4.28 Å². The highest BCUT2D eigenvalue weighted by Crippen LogP contribution is 2.69. The first-order valence-electron chi connectivity index (χ1n) is 5.00. The van der Waals surface area contributed by atoms with Gasteiger partial charge in [-0.15, -0.1) is 4.89 Å². The van der Waals surface area contributed by atoms with Crippen LogP contribution in [0.15, 0.2) is 58.3 Å². The first kappa shape index (κ1) is 11.4. The molecule has 2 nitrogen and oxygen atoms in total. The standard InChI is InChI=1S/C12H9Cl2NOS/c13-9-1-5-11(6-2-9)17(15-16-17)12-7-3-10(14)4-8-12/h1-8,15H. The summed E-state index contributed by atoms with van der Waals surface area (Å²) in [5.74, 6) is 0. The van der Waals surface area contributed by atoms with Crippen LogP contribution < -0.4 is 4.89 Å². The number of halogens is 2. The number of benzene rings is 2. The van der Waals surface area contributed by atoms with Gasteiger partial charge in [-0.2, -0.15) is 0 Å². The molecule has 3 rings (SSSR count). The lowest BCUT2D eigenvalue weighted by Gasteiger charge is -2.14. The van der Waals surface area contributed by atoms with Gasteiger partial charge in [0.1, 0.15) is 0 Å². The van der Waals surface area contributed by atoms with Crippen molar-refractivity contribution in [3.63, 3.8) is 0 Å². The topological polar surface area (TPSA) is 34.5 Å². The van der Waals surface area contributed by atoms with Crippen molar-refractivity contribution in [1.82, 2.24) is 4.89 Å². The Bertz CT molecular complexity index is 490. The Kier molecular flexibility index (Phi) is 2.81. The Morgan fingerprint density at radius 3 is 1.41 bits per heavy atom. The van der Waals surface area contributed by atoms with E-state index in [-0.39, 0.29) is 0 Å². The molecule has 0 unspecified atom stereocenters. The van der Waals surface area contributed by atoms with E-state index in [1.54, 1.807) is 0 Å². The molecule has 1 fully saturated rings. The van der Waals surface area contributed by atoms with Crippen molar-refractivity contribution in [3.8, 4) is 0 Å². The van der Waals surface area contributed by atoms with Gasteiger partial charge in [-0.05, 0) is 48.5 Å². The largest absolute Gasteiger partial charge is 0.217 e. The number of hydrogen-bond donors (Lipinski definition) is 1. The Labute approximate surface area is 111 Å². The molecular weight excluding hydrogens is 277 g/mol.